The molecule has 0 spiro atoms. The number of rotatable bonds is 7. The molecule has 3 aromatic rings. The molecule has 156 valence electrons. The number of carbonyl (C=O) groups excluding carboxylic acids is 2. The van der Waals surface area contributed by atoms with E-state index in [1.807, 2.05) is 6.07 Å². The first kappa shape index (κ1) is 21.6. The van der Waals surface area contributed by atoms with Gasteiger partial charge in [0.05, 0.1) is 14.2 Å². The number of nitrogens with zero attached hydrogens (tertiary/aromatic N) is 1. The number of esters is 1. The van der Waals surface area contributed by atoms with Gasteiger partial charge in [-0.25, -0.2) is 4.79 Å². The fourth-order valence-corrected chi connectivity index (χ4v) is 3.19. The Morgan fingerprint density at radius 2 is 1.81 bits per heavy atom. The number of methoxy groups -OCH3 is 2. The summed E-state index contributed by atoms with van der Waals surface area (Å²) in [4.78, 5) is 25.1. The number of carbonyl (C=O) groups is 2. The van der Waals surface area contributed by atoms with Crippen LogP contribution >= 0.6 is 11.3 Å². The highest BCUT2D eigenvalue weighted by Gasteiger charge is 2.15. The van der Waals surface area contributed by atoms with E-state index in [1.54, 1.807) is 67.1 Å². The number of benzene rings is 2. The van der Waals surface area contributed by atoms with Crippen LogP contribution in [-0.2, 0) is 4.79 Å². The number of hydrogen-bond donors (Lipinski definition) is 1. The van der Waals surface area contributed by atoms with Gasteiger partial charge in [-0.2, -0.15) is 5.26 Å². The third-order valence-corrected chi connectivity index (χ3v) is 4.99. The molecule has 3 rings (SSSR count). The molecule has 0 bridgehead atoms. The van der Waals surface area contributed by atoms with Crippen LogP contribution in [0.1, 0.15) is 15.2 Å². The highest BCUT2D eigenvalue weighted by molar-refractivity contribution is 7.12. The average Bonchev–Trinajstić information content (AvgIpc) is 3.34. The van der Waals surface area contributed by atoms with Crippen LogP contribution in [0.15, 0.2) is 65.6 Å². The Bertz CT molecular complexity index is 1150. The summed E-state index contributed by atoms with van der Waals surface area (Å²) in [6, 6.07) is 16.8. The Morgan fingerprint density at radius 1 is 1.03 bits per heavy atom. The zero-order valence-electron chi connectivity index (χ0n) is 16.7. The molecule has 0 aliphatic rings. The summed E-state index contributed by atoms with van der Waals surface area (Å²) >= 11 is 1.27. The molecule has 0 atom stereocenters. The first-order valence-corrected chi connectivity index (χ1v) is 9.93. The van der Waals surface area contributed by atoms with Crippen LogP contribution < -0.4 is 19.5 Å². The SMILES string of the molecule is COc1ccc(NC(=O)/C(C#N)=C\c2ccc(OC(=O)c3cccs3)c(OC)c2)cc1. The summed E-state index contributed by atoms with van der Waals surface area (Å²) in [5.41, 5.74) is 0.968. The maximum atomic E-state index is 12.5. The molecule has 8 heteroatoms. The molecule has 0 fully saturated rings. The molecule has 0 saturated carbocycles. The topological polar surface area (TPSA) is 97.6 Å². The van der Waals surface area contributed by atoms with Crippen molar-refractivity contribution in [2.75, 3.05) is 19.5 Å². The van der Waals surface area contributed by atoms with Crippen molar-refractivity contribution in [1.82, 2.24) is 0 Å². The van der Waals surface area contributed by atoms with Gasteiger partial charge in [0.15, 0.2) is 11.5 Å². The predicted octanol–water partition coefficient (Wildman–Crippen LogP) is 4.53. The van der Waals surface area contributed by atoms with E-state index in [4.69, 9.17) is 14.2 Å². The van der Waals surface area contributed by atoms with Crippen molar-refractivity contribution in [3.05, 3.63) is 76.0 Å². The largest absolute Gasteiger partial charge is 0.497 e. The zero-order valence-corrected chi connectivity index (χ0v) is 17.6. The monoisotopic (exact) mass is 434 g/mol. The minimum Gasteiger partial charge on any atom is -0.497 e. The van der Waals surface area contributed by atoms with Gasteiger partial charge in [-0.1, -0.05) is 12.1 Å². The van der Waals surface area contributed by atoms with Crippen LogP contribution in [0.5, 0.6) is 17.2 Å². The van der Waals surface area contributed by atoms with Crippen LogP contribution in [0.3, 0.4) is 0 Å². The van der Waals surface area contributed by atoms with Gasteiger partial charge >= 0.3 is 5.97 Å². The van der Waals surface area contributed by atoms with Gasteiger partial charge in [0, 0.05) is 5.69 Å². The first-order valence-electron chi connectivity index (χ1n) is 9.05. The molecule has 0 saturated heterocycles. The number of nitriles is 1. The second kappa shape index (κ2) is 10.1. The smallest absolute Gasteiger partial charge is 0.353 e. The van der Waals surface area contributed by atoms with Crippen LogP contribution in [0.25, 0.3) is 6.08 Å². The van der Waals surface area contributed by atoms with E-state index in [0.29, 0.717) is 27.6 Å². The van der Waals surface area contributed by atoms with Crippen molar-refractivity contribution in [2.24, 2.45) is 0 Å². The summed E-state index contributed by atoms with van der Waals surface area (Å²) in [5.74, 6) is 0.139. The molecule has 1 heterocycles. The summed E-state index contributed by atoms with van der Waals surface area (Å²) in [6.07, 6.45) is 1.42. The highest BCUT2D eigenvalue weighted by atomic mass is 32.1. The van der Waals surface area contributed by atoms with Crippen molar-refractivity contribution in [3.63, 3.8) is 0 Å². The standard InChI is InChI=1S/C23H18N2O5S/c1-28-18-8-6-17(7-9-18)25-22(26)16(14-24)12-15-5-10-19(20(13-15)29-2)30-23(27)21-4-3-11-31-21/h3-13H,1-2H3,(H,25,26)/b16-12-. The number of ether oxygens (including phenoxy) is 3. The number of thiophene rings is 1. The third kappa shape index (κ3) is 5.50. The van der Waals surface area contributed by atoms with Crippen molar-refractivity contribution in [2.45, 2.75) is 0 Å². The van der Waals surface area contributed by atoms with Crippen molar-refractivity contribution in [1.29, 1.82) is 5.26 Å². The van der Waals surface area contributed by atoms with Gasteiger partial charge in [0.2, 0.25) is 0 Å². The van der Waals surface area contributed by atoms with Gasteiger partial charge < -0.3 is 19.5 Å². The molecule has 0 aliphatic heterocycles. The Balaban J connectivity index is 1.77. The minimum absolute atomic E-state index is 0.0961. The predicted molar refractivity (Wildman–Crippen MR) is 117 cm³/mol. The Hall–Kier alpha value is -4.09. The second-order valence-electron chi connectivity index (χ2n) is 6.13. The Morgan fingerprint density at radius 3 is 2.42 bits per heavy atom. The molecular formula is C23H18N2O5S. The molecule has 7 nitrogen and oxygen atoms in total. The first-order chi connectivity index (χ1) is 15.0. The zero-order chi connectivity index (χ0) is 22.2. The lowest BCUT2D eigenvalue weighted by molar-refractivity contribution is -0.112. The fourth-order valence-electron chi connectivity index (χ4n) is 2.59. The lowest BCUT2D eigenvalue weighted by Crippen LogP contribution is -2.13. The van der Waals surface area contributed by atoms with Gasteiger partial charge in [0.1, 0.15) is 22.3 Å². The summed E-state index contributed by atoms with van der Waals surface area (Å²) < 4.78 is 15.8. The average molecular weight is 434 g/mol. The van der Waals surface area contributed by atoms with E-state index in [-0.39, 0.29) is 11.3 Å². The van der Waals surface area contributed by atoms with Crippen molar-refractivity contribution in [3.8, 4) is 23.3 Å². The van der Waals surface area contributed by atoms with Crippen LogP contribution in [0, 0.1) is 11.3 Å². The van der Waals surface area contributed by atoms with E-state index in [1.165, 1.54) is 24.5 Å². The normalized spacial score (nSPS) is 10.7. The Labute approximate surface area is 183 Å². The molecular weight excluding hydrogens is 416 g/mol. The number of hydrogen-bond acceptors (Lipinski definition) is 7. The molecule has 1 aromatic heterocycles. The number of anilines is 1. The van der Waals surface area contributed by atoms with E-state index >= 15 is 0 Å². The van der Waals surface area contributed by atoms with Crippen molar-refractivity contribution < 1.29 is 23.8 Å². The van der Waals surface area contributed by atoms with E-state index in [0.717, 1.165) is 0 Å². The lowest BCUT2D eigenvalue weighted by atomic mass is 10.1. The molecule has 31 heavy (non-hydrogen) atoms. The van der Waals surface area contributed by atoms with Crippen LogP contribution in [0.4, 0.5) is 5.69 Å². The van der Waals surface area contributed by atoms with Crippen LogP contribution in [-0.4, -0.2) is 26.1 Å². The lowest BCUT2D eigenvalue weighted by Gasteiger charge is -2.10. The molecule has 0 unspecified atom stereocenters. The van der Waals surface area contributed by atoms with E-state index < -0.39 is 11.9 Å². The molecule has 1 amide bonds. The number of nitrogens with one attached hydrogen (secondary N) is 1. The minimum atomic E-state index is -0.556. The quantitative estimate of drug-likeness (QED) is 0.254. The summed E-state index contributed by atoms with van der Waals surface area (Å²) in [7, 11) is 2.99. The third-order valence-electron chi connectivity index (χ3n) is 4.14. The second-order valence-corrected chi connectivity index (χ2v) is 7.08. The summed E-state index contributed by atoms with van der Waals surface area (Å²) in [5, 5.41) is 13.9. The van der Waals surface area contributed by atoms with Crippen LogP contribution in [0.2, 0.25) is 0 Å². The van der Waals surface area contributed by atoms with Gasteiger partial charge in [-0.05, 0) is 59.5 Å². The Kier molecular flexibility index (Phi) is 7.04. The van der Waals surface area contributed by atoms with E-state index in [9.17, 15) is 14.9 Å². The molecule has 2 aromatic carbocycles. The van der Waals surface area contributed by atoms with Gasteiger partial charge in [-0.3, -0.25) is 4.79 Å². The molecule has 0 aliphatic carbocycles. The highest BCUT2D eigenvalue weighted by Crippen LogP contribution is 2.30. The van der Waals surface area contributed by atoms with Gasteiger partial charge in [-0.15, -0.1) is 11.3 Å². The van der Waals surface area contributed by atoms with E-state index in [2.05, 4.69) is 5.32 Å². The molecule has 1 N–H and O–H groups in total. The molecule has 0 radical (unpaired) electrons. The summed E-state index contributed by atoms with van der Waals surface area (Å²) in [6.45, 7) is 0. The van der Waals surface area contributed by atoms with Gasteiger partial charge in [0.25, 0.3) is 5.91 Å². The fraction of sp³-hybridized carbons (Fsp3) is 0.0870. The maximum absolute atomic E-state index is 12.5. The maximum Gasteiger partial charge on any atom is 0.353 e. The van der Waals surface area contributed by atoms with Crippen molar-refractivity contribution >= 4 is 35.0 Å². The number of amides is 1.